The number of nitrogens with one attached hydrogen (secondary N) is 1. The van der Waals surface area contributed by atoms with Gasteiger partial charge in [-0.05, 0) is 55.9 Å². The molecule has 2 aliphatic rings. The third kappa shape index (κ3) is 5.61. The van der Waals surface area contributed by atoms with Gasteiger partial charge in [0.2, 0.25) is 11.8 Å². The van der Waals surface area contributed by atoms with Crippen LogP contribution in [0.1, 0.15) is 44.9 Å². The minimum absolute atomic E-state index is 0.0859. The van der Waals surface area contributed by atoms with E-state index in [0.29, 0.717) is 25.9 Å². The molecule has 2 atom stereocenters. The first-order valence-electron chi connectivity index (χ1n) is 10.7. The first kappa shape index (κ1) is 24.5. The van der Waals surface area contributed by atoms with Crippen molar-refractivity contribution in [2.24, 2.45) is 17.6 Å². The number of anilines is 1. The molecule has 1 aliphatic heterocycles. The topological polar surface area (TPSA) is 110 Å². The lowest BCUT2D eigenvalue weighted by Gasteiger charge is -2.37. The summed E-state index contributed by atoms with van der Waals surface area (Å²) in [7, 11) is -5.42. The number of likely N-dealkylation sites (tertiary alicyclic amines) is 1. The summed E-state index contributed by atoms with van der Waals surface area (Å²) < 4.78 is 60.6. The van der Waals surface area contributed by atoms with Crippen molar-refractivity contribution in [3.8, 4) is 0 Å². The van der Waals surface area contributed by atoms with Gasteiger partial charge in [0.05, 0.1) is 10.8 Å². The summed E-state index contributed by atoms with van der Waals surface area (Å²) in [6.45, 7) is 1.15. The minimum atomic E-state index is -5.42. The average molecular weight is 476 g/mol. The number of benzene rings is 1. The molecule has 0 bridgehead atoms. The fourth-order valence-corrected chi connectivity index (χ4v) is 5.15. The largest absolute Gasteiger partial charge is 0.501 e. The Kier molecular flexibility index (Phi) is 7.49. The van der Waals surface area contributed by atoms with Crippen LogP contribution in [0.3, 0.4) is 0 Å². The lowest BCUT2D eigenvalue weighted by Crippen LogP contribution is -2.48. The smallest absolute Gasteiger partial charge is 0.342 e. The molecule has 1 aliphatic carbocycles. The van der Waals surface area contributed by atoms with E-state index >= 15 is 0 Å². The monoisotopic (exact) mass is 475 g/mol. The van der Waals surface area contributed by atoms with E-state index in [0.717, 1.165) is 49.9 Å². The highest BCUT2D eigenvalue weighted by Crippen LogP contribution is 2.31. The van der Waals surface area contributed by atoms with Crippen LogP contribution in [0.4, 0.5) is 18.9 Å². The number of alkyl halides is 3. The predicted molar refractivity (Wildman–Crippen MR) is 112 cm³/mol. The van der Waals surface area contributed by atoms with Gasteiger partial charge in [0.25, 0.3) is 9.84 Å². The van der Waals surface area contributed by atoms with Crippen LogP contribution in [0.15, 0.2) is 29.2 Å². The molecule has 0 spiro atoms. The Hall–Kier alpha value is -2.14. The average Bonchev–Trinajstić information content (AvgIpc) is 2.74. The zero-order valence-electron chi connectivity index (χ0n) is 17.6. The molecular weight excluding hydrogens is 447 g/mol. The van der Waals surface area contributed by atoms with E-state index in [9.17, 15) is 31.2 Å². The fourth-order valence-electron chi connectivity index (χ4n) is 4.38. The van der Waals surface area contributed by atoms with Crippen LogP contribution in [-0.4, -0.2) is 49.8 Å². The number of carbonyl (C=O) groups excluding carboxylic acids is 2. The van der Waals surface area contributed by atoms with Crippen LogP contribution < -0.4 is 11.1 Å². The summed E-state index contributed by atoms with van der Waals surface area (Å²) in [4.78, 5) is 26.0. The summed E-state index contributed by atoms with van der Waals surface area (Å²) in [5.41, 5.74) is 0.957. The molecule has 0 aromatic heterocycles. The molecule has 1 heterocycles. The summed E-state index contributed by atoms with van der Waals surface area (Å²) in [5, 5.41) is 2.59. The van der Waals surface area contributed by atoms with Crippen molar-refractivity contribution < 1.29 is 31.2 Å². The van der Waals surface area contributed by atoms with Crippen LogP contribution in [0.25, 0.3) is 0 Å². The number of nitrogens with two attached hydrogens (primary N) is 1. The molecule has 0 radical (unpaired) electrons. The Morgan fingerprint density at radius 2 is 1.62 bits per heavy atom. The quantitative estimate of drug-likeness (QED) is 0.680. The van der Waals surface area contributed by atoms with E-state index in [2.05, 4.69) is 5.32 Å². The second-order valence-electron chi connectivity index (χ2n) is 8.55. The Bertz CT molecular complexity index is 927. The number of carbonyl (C=O) groups is 2. The standard InChI is InChI=1S/C21H28F3N3O4S/c22-21(23,24)32(30,31)16-7-5-15(6-8-16)26-19(28)13-14-9-11-27(12-10-14)20(29)17-3-1-2-4-18(17)25/h5-8,14,17-18H,1-4,9-13,25H2,(H,26,28)/t17-,18-/m0/s1. The van der Waals surface area contributed by atoms with E-state index in [1.165, 1.54) is 0 Å². The van der Waals surface area contributed by atoms with Gasteiger partial charge in [0, 0.05) is 31.2 Å². The van der Waals surface area contributed by atoms with Gasteiger partial charge in [-0.3, -0.25) is 9.59 Å². The molecule has 1 saturated carbocycles. The summed E-state index contributed by atoms with van der Waals surface area (Å²) in [6, 6.07) is 3.81. The molecule has 178 valence electrons. The van der Waals surface area contributed by atoms with E-state index < -0.39 is 20.2 Å². The van der Waals surface area contributed by atoms with Crippen molar-refractivity contribution in [1.29, 1.82) is 0 Å². The zero-order chi connectivity index (χ0) is 23.5. The number of nitrogens with zero attached hydrogens (tertiary/aromatic N) is 1. The van der Waals surface area contributed by atoms with E-state index in [4.69, 9.17) is 5.73 Å². The van der Waals surface area contributed by atoms with Crippen LogP contribution in [0.2, 0.25) is 0 Å². The van der Waals surface area contributed by atoms with Gasteiger partial charge >= 0.3 is 5.51 Å². The maximum atomic E-state index is 12.7. The highest BCUT2D eigenvalue weighted by molar-refractivity contribution is 7.92. The molecule has 1 saturated heterocycles. The van der Waals surface area contributed by atoms with Crippen LogP contribution in [-0.2, 0) is 19.4 Å². The third-order valence-electron chi connectivity index (χ3n) is 6.29. The number of hydrogen-bond acceptors (Lipinski definition) is 5. The Morgan fingerprint density at radius 1 is 1.03 bits per heavy atom. The van der Waals surface area contributed by atoms with E-state index in [1.807, 2.05) is 4.90 Å². The number of rotatable bonds is 5. The van der Waals surface area contributed by atoms with E-state index in [1.54, 1.807) is 0 Å². The van der Waals surface area contributed by atoms with Crippen molar-refractivity contribution in [2.75, 3.05) is 18.4 Å². The van der Waals surface area contributed by atoms with Crippen molar-refractivity contribution in [3.05, 3.63) is 24.3 Å². The molecule has 2 amide bonds. The number of halogens is 3. The van der Waals surface area contributed by atoms with Gasteiger partial charge < -0.3 is 16.0 Å². The van der Waals surface area contributed by atoms with Crippen molar-refractivity contribution in [1.82, 2.24) is 4.90 Å². The molecule has 32 heavy (non-hydrogen) atoms. The van der Waals surface area contributed by atoms with Gasteiger partial charge in [-0.15, -0.1) is 0 Å². The maximum absolute atomic E-state index is 12.7. The maximum Gasteiger partial charge on any atom is 0.501 e. The number of sulfone groups is 1. The van der Waals surface area contributed by atoms with Crippen molar-refractivity contribution in [3.63, 3.8) is 0 Å². The normalized spacial score (nSPS) is 23.1. The van der Waals surface area contributed by atoms with Crippen LogP contribution in [0, 0.1) is 11.8 Å². The number of piperidine rings is 1. The van der Waals surface area contributed by atoms with Crippen LogP contribution in [0.5, 0.6) is 0 Å². The number of hydrogen-bond donors (Lipinski definition) is 2. The third-order valence-corrected chi connectivity index (χ3v) is 7.79. The highest BCUT2D eigenvalue weighted by Gasteiger charge is 2.46. The molecular formula is C21H28F3N3O4S. The van der Waals surface area contributed by atoms with E-state index in [-0.39, 0.29) is 41.8 Å². The molecule has 11 heteroatoms. The second kappa shape index (κ2) is 9.78. The summed E-state index contributed by atoms with van der Waals surface area (Å²) >= 11 is 0. The molecule has 7 nitrogen and oxygen atoms in total. The summed E-state index contributed by atoms with van der Waals surface area (Å²) in [5.74, 6) is -0.235. The Labute approximate surface area is 185 Å². The SMILES string of the molecule is N[C@H]1CCCC[C@@H]1C(=O)N1CCC(CC(=O)Nc2ccc(S(=O)(=O)C(F)(F)F)cc2)CC1. The molecule has 0 unspecified atom stereocenters. The lowest BCUT2D eigenvalue weighted by atomic mass is 9.83. The lowest BCUT2D eigenvalue weighted by molar-refractivity contribution is -0.138. The van der Waals surface area contributed by atoms with Gasteiger partial charge in [0.1, 0.15) is 0 Å². The first-order valence-corrected chi connectivity index (χ1v) is 12.2. The number of amides is 2. The predicted octanol–water partition coefficient (Wildman–Crippen LogP) is 3.06. The Balaban J connectivity index is 1.48. The van der Waals surface area contributed by atoms with Gasteiger partial charge in [-0.1, -0.05) is 12.8 Å². The molecule has 1 aromatic carbocycles. The highest BCUT2D eigenvalue weighted by atomic mass is 32.2. The first-order chi connectivity index (χ1) is 15.0. The van der Waals surface area contributed by atoms with Gasteiger partial charge in [-0.25, -0.2) is 8.42 Å². The minimum Gasteiger partial charge on any atom is -0.342 e. The zero-order valence-corrected chi connectivity index (χ0v) is 18.4. The van der Waals surface area contributed by atoms with Gasteiger partial charge in [0.15, 0.2) is 0 Å². The molecule has 3 rings (SSSR count). The summed E-state index contributed by atoms with van der Waals surface area (Å²) in [6.07, 6.45) is 5.36. The Morgan fingerprint density at radius 3 is 2.19 bits per heavy atom. The molecule has 1 aromatic rings. The van der Waals surface area contributed by atoms with Crippen LogP contribution >= 0.6 is 0 Å². The molecule has 2 fully saturated rings. The molecule has 3 N–H and O–H groups in total. The fraction of sp³-hybridized carbons (Fsp3) is 0.619. The van der Waals surface area contributed by atoms with Crippen molar-refractivity contribution >= 4 is 27.3 Å². The van der Waals surface area contributed by atoms with Crippen molar-refractivity contribution in [2.45, 2.75) is 61.4 Å². The second-order valence-corrected chi connectivity index (χ2v) is 10.5. The van der Waals surface area contributed by atoms with Gasteiger partial charge in [-0.2, -0.15) is 13.2 Å².